The predicted molar refractivity (Wildman–Crippen MR) is 59.1 cm³/mol. The topological polar surface area (TPSA) is 38.9 Å². The van der Waals surface area contributed by atoms with Crippen molar-refractivity contribution in [3.05, 3.63) is 48.3 Å². The lowest BCUT2D eigenvalue weighted by molar-refractivity contribution is -0.137. The molecular weight excluding hydrogens is 229 g/mol. The fourth-order valence-corrected chi connectivity index (χ4v) is 1.60. The summed E-state index contributed by atoms with van der Waals surface area (Å²) in [4.78, 5) is 3.72. The Bertz CT molecular complexity index is 535. The van der Waals surface area contributed by atoms with Crippen LogP contribution in [0.2, 0.25) is 0 Å². The molecule has 0 amide bonds. The van der Waals surface area contributed by atoms with Gasteiger partial charge >= 0.3 is 6.18 Å². The third-order valence-corrected chi connectivity index (χ3v) is 2.38. The Morgan fingerprint density at radius 3 is 2.35 bits per heavy atom. The molecule has 88 valence electrons. The van der Waals surface area contributed by atoms with Gasteiger partial charge in [-0.25, -0.2) is 0 Å². The first-order valence-corrected chi connectivity index (χ1v) is 4.86. The third kappa shape index (κ3) is 2.22. The van der Waals surface area contributed by atoms with Gasteiger partial charge in [0.2, 0.25) is 0 Å². The van der Waals surface area contributed by atoms with Crippen LogP contribution in [0.15, 0.2) is 42.7 Å². The number of rotatable bonds is 1. The van der Waals surface area contributed by atoms with Gasteiger partial charge in [-0.15, -0.1) is 0 Å². The molecule has 1 aromatic carbocycles. The van der Waals surface area contributed by atoms with Crippen LogP contribution in [0, 0.1) is 0 Å². The first-order valence-electron chi connectivity index (χ1n) is 4.86. The number of hydrogen-bond acceptors (Lipinski definition) is 2. The lowest BCUT2D eigenvalue weighted by atomic mass is 10.0. The van der Waals surface area contributed by atoms with E-state index >= 15 is 0 Å². The summed E-state index contributed by atoms with van der Waals surface area (Å²) in [6, 6.07) is 7.35. The van der Waals surface area contributed by atoms with Crippen molar-refractivity contribution in [2.24, 2.45) is 0 Å². The van der Waals surface area contributed by atoms with Crippen molar-refractivity contribution < 1.29 is 13.2 Å². The number of benzene rings is 1. The second-order valence-electron chi connectivity index (χ2n) is 3.51. The van der Waals surface area contributed by atoms with Crippen molar-refractivity contribution in [1.82, 2.24) is 4.98 Å². The molecule has 0 saturated carbocycles. The van der Waals surface area contributed by atoms with E-state index in [1.807, 2.05) is 0 Å². The predicted octanol–water partition coefficient (Wildman–Crippen LogP) is 3.35. The maximum Gasteiger partial charge on any atom is 0.417 e. The summed E-state index contributed by atoms with van der Waals surface area (Å²) < 4.78 is 38.4. The van der Waals surface area contributed by atoms with Gasteiger partial charge in [0.1, 0.15) is 0 Å². The molecule has 0 radical (unpaired) electrons. The van der Waals surface area contributed by atoms with E-state index in [1.165, 1.54) is 6.20 Å². The molecule has 0 aliphatic heterocycles. The standard InChI is InChI=1S/C12H9F3N2/c13-12(14,15)10-5-6-17-7-9(10)8-3-1-2-4-11(8)16/h1-7H,16H2. The zero-order valence-corrected chi connectivity index (χ0v) is 8.70. The Balaban J connectivity index is 2.65. The number of nitrogens with two attached hydrogens (primary N) is 1. The highest BCUT2D eigenvalue weighted by Gasteiger charge is 2.33. The maximum atomic E-state index is 12.8. The molecule has 0 saturated heterocycles. The van der Waals surface area contributed by atoms with E-state index < -0.39 is 11.7 Å². The van der Waals surface area contributed by atoms with E-state index in [9.17, 15) is 13.2 Å². The SMILES string of the molecule is Nc1ccccc1-c1cnccc1C(F)(F)F. The summed E-state index contributed by atoms with van der Waals surface area (Å²) in [5, 5.41) is 0. The van der Waals surface area contributed by atoms with Crippen LogP contribution in [0.4, 0.5) is 18.9 Å². The molecular formula is C12H9F3N2. The molecule has 0 bridgehead atoms. The van der Waals surface area contributed by atoms with Crippen LogP contribution in [-0.4, -0.2) is 4.98 Å². The monoisotopic (exact) mass is 238 g/mol. The van der Waals surface area contributed by atoms with Crippen LogP contribution in [0.25, 0.3) is 11.1 Å². The van der Waals surface area contributed by atoms with Crippen molar-refractivity contribution in [1.29, 1.82) is 0 Å². The van der Waals surface area contributed by atoms with Gasteiger partial charge in [-0.3, -0.25) is 4.98 Å². The molecule has 1 heterocycles. The number of nitrogen functional groups attached to an aromatic ring is 1. The van der Waals surface area contributed by atoms with Crippen LogP contribution >= 0.6 is 0 Å². The molecule has 0 atom stereocenters. The first-order chi connectivity index (χ1) is 8.00. The summed E-state index contributed by atoms with van der Waals surface area (Å²) in [5.74, 6) is 0. The van der Waals surface area contributed by atoms with Gasteiger partial charge < -0.3 is 5.73 Å². The molecule has 1 aromatic heterocycles. The van der Waals surface area contributed by atoms with Gasteiger partial charge in [0, 0.05) is 29.2 Å². The number of aromatic nitrogens is 1. The minimum absolute atomic E-state index is 0.00176. The Morgan fingerprint density at radius 2 is 1.71 bits per heavy atom. The number of alkyl halides is 3. The maximum absolute atomic E-state index is 12.8. The van der Waals surface area contributed by atoms with E-state index in [2.05, 4.69) is 4.98 Å². The number of hydrogen-bond donors (Lipinski definition) is 1. The molecule has 0 fully saturated rings. The number of nitrogens with zero attached hydrogens (tertiary/aromatic N) is 1. The van der Waals surface area contributed by atoms with E-state index in [1.54, 1.807) is 24.3 Å². The molecule has 0 spiro atoms. The minimum atomic E-state index is -4.42. The highest BCUT2D eigenvalue weighted by molar-refractivity contribution is 5.78. The van der Waals surface area contributed by atoms with Crippen molar-refractivity contribution in [3.8, 4) is 11.1 Å². The summed E-state index contributed by atoms with van der Waals surface area (Å²) in [6.07, 6.45) is -2.12. The van der Waals surface area contributed by atoms with Gasteiger partial charge in [0.25, 0.3) is 0 Å². The van der Waals surface area contributed by atoms with Crippen LogP contribution in [0.1, 0.15) is 5.56 Å². The number of anilines is 1. The second kappa shape index (κ2) is 4.08. The Morgan fingerprint density at radius 1 is 1.00 bits per heavy atom. The summed E-state index contributed by atoms with van der Waals surface area (Å²) in [7, 11) is 0. The molecule has 17 heavy (non-hydrogen) atoms. The molecule has 0 aliphatic rings. The van der Waals surface area contributed by atoms with Gasteiger partial charge in [-0.2, -0.15) is 13.2 Å². The average Bonchev–Trinajstić information content (AvgIpc) is 2.28. The van der Waals surface area contributed by atoms with Crippen LogP contribution in [0.5, 0.6) is 0 Å². The number of pyridine rings is 1. The van der Waals surface area contributed by atoms with Crippen molar-refractivity contribution >= 4 is 5.69 Å². The quantitative estimate of drug-likeness (QED) is 0.774. The summed E-state index contributed by atoms with van der Waals surface area (Å²) in [6.45, 7) is 0. The molecule has 5 heteroatoms. The summed E-state index contributed by atoms with van der Waals surface area (Å²) in [5.41, 5.74) is 5.57. The largest absolute Gasteiger partial charge is 0.417 e. The Hall–Kier alpha value is -2.04. The lowest BCUT2D eigenvalue weighted by Crippen LogP contribution is -2.08. The van der Waals surface area contributed by atoms with Gasteiger partial charge in [-0.1, -0.05) is 18.2 Å². The highest BCUT2D eigenvalue weighted by Crippen LogP contribution is 2.37. The number of halogens is 3. The molecule has 0 unspecified atom stereocenters. The van der Waals surface area contributed by atoms with E-state index in [4.69, 9.17) is 5.73 Å². The number of para-hydroxylation sites is 1. The third-order valence-electron chi connectivity index (χ3n) is 2.38. The first kappa shape index (κ1) is 11.4. The highest BCUT2D eigenvalue weighted by atomic mass is 19.4. The lowest BCUT2D eigenvalue weighted by Gasteiger charge is -2.13. The molecule has 2 N–H and O–H groups in total. The Kier molecular flexibility index (Phi) is 2.75. The molecule has 2 aromatic rings. The van der Waals surface area contributed by atoms with Crippen molar-refractivity contribution in [2.75, 3.05) is 5.73 Å². The van der Waals surface area contributed by atoms with Crippen LogP contribution in [0.3, 0.4) is 0 Å². The van der Waals surface area contributed by atoms with Crippen molar-refractivity contribution in [2.45, 2.75) is 6.18 Å². The molecule has 2 nitrogen and oxygen atoms in total. The Labute approximate surface area is 95.9 Å². The zero-order valence-electron chi connectivity index (χ0n) is 8.70. The zero-order chi connectivity index (χ0) is 12.5. The van der Waals surface area contributed by atoms with Gasteiger partial charge in [-0.05, 0) is 12.1 Å². The van der Waals surface area contributed by atoms with Gasteiger partial charge in [0.05, 0.1) is 5.56 Å². The minimum Gasteiger partial charge on any atom is -0.398 e. The van der Waals surface area contributed by atoms with E-state index in [0.29, 0.717) is 11.3 Å². The van der Waals surface area contributed by atoms with Crippen LogP contribution < -0.4 is 5.73 Å². The molecule has 2 rings (SSSR count). The van der Waals surface area contributed by atoms with E-state index in [-0.39, 0.29) is 5.56 Å². The fourth-order valence-electron chi connectivity index (χ4n) is 1.60. The molecule has 0 aliphatic carbocycles. The van der Waals surface area contributed by atoms with Crippen molar-refractivity contribution in [3.63, 3.8) is 0 Å². The van der Waals surface area contributed by atoms with Crippen LogP contribution in [-0.2, 0) is 6.18 Å². The summed E-state index contributed by atoms with van der Waals surface area (Å²) >= 11 is 0. The fraction of sp³-hybridized carbons (Fsp3) is 0.0833. The van der Waals surface area contributed by atoms with Gasteiger partial charge in [0.15, 0.2) is 0 Å². The smallest absolute Gasteiger partial charge is 0.398 e. The second-order valence-corrected chi connectivity index (χ2v) is 3.51. The normalized spacial score (nSPS) is 11.5. The van der Waals surface area contributed by atoms with E-state index in [0.717, 1.165) is 12.3 Å². The average molecular weight is 238 g/mol.